The zero-order valence-corrected chi connectivity index (χ0v) is 9.02. The molecule has 0 atom stereocenters. The number of hydrogen-bond donors (Lipinski definition) is 1. The molecule has 0 aromatic carbocycles. The van der Waals surface area contributed by atoms with Crippen LogP contribution < -0.4 is 5.32 Å². The predicted octanol–water partition coefficient (Wildman–Crippen LogP) is 1.62. The number of hydrogen-bond acceptors (Lipinski definition) is 5. The molecule has 82 valence electrons. The molecule has 0 fully saturated rings. The van der Waals surface area contributed by atoms with Gasteiger partial charge in [-0.25, -0.2) is 9.97 Å². The van der Waals surface area contributed by atoms with Crippen molar-refractivity contribution in [3.63, 3.8) is 0 Å². The van der Waals surface area contributed by atoms with Crippen molar-refractivity contribution in [1.82, 2.24) is 9.97 Å². The molecule has 1 aromatic heterocycles. The van der Waals surface area contributed by atoms with Gasteiger partial charge >= 0.3 is 5.69 Å². The van der Waals surface area contributed by atoms with Crippen LogP contribution in [0.25, 0.3) is 0 Å². The van der Waals surface area contributed by atoms with Crippen molar-refractivity contribution in [3.05, 3.63) is 22.0 Å². The number of nitro groups is 1. The smallest absolute Gasteiger partial charge is 0.309 e. The van der Waals surface area contributed by atoms with Crippen LogP contribution >= 0.6 is 0 Å². The number of anilines is 1. The summed E-state index contributed by atoms with van der Waals surface area (Å²) in [6, 6.07) is 0. The van der Waals surface area contributed by atoms with Crippen molar-refractivity contribution in [2.45, 2.75) is 20.3 Å². The first kappa shape index (κ1) is 11.4. The summed E-state index contributed by atoms with van der Waals surface area (Å²) >= 11 is 0. The molecule has 0 saturated heterocycles. The topological polar surface area (TPSA) is 81.0 Å². The van der Waals surface area contributed by atoms with Gasteiger partial charge in [-0.2, -0.15) is 0 Å². The lowest BCUT2D eigenvalue weighted by atomic mass is 10.1. The summed E-state index contributed by atoms with van der Waals surface area (Å²) in [7, 11) is 1.68. The maximum atomic E-state index is 10.7. The quantitative estimate of drug-likeness (QED) is 0.603. The van der Waals surface area contributed by atoms with Crippen molar-refractivity contribution >= 4 is 11.6 Å². The Labute approximate surface area is 87.9 Å². The Hall–Kier alpha value is -1.72. The van der Waals surface area contributed by atoms with Gasteiger partial charge in [0.05, 0.1) is 4.92 Å². The third-order valence-electron chi connectivity index (χ3n) is 1.87. The molecule has 0 aliphatic rings. The van der Waals surface area contributed by atoms with Crippen LogP contribution in [0, 0.1) is 16.0 Å². The highest BCUT2D eigenvalue weighted by Crippen LogP contribution is 2.19. The minimum atomic E-state index is -0.447. The third-order valence-corrected chi connectivity index (χ3v) is 1.87. The van der Waals surface area contributed by atoms with Gasteiger partial charge in [0.15, 0.2) is 0 Å². The molecule has 6 nitrogen and oxygen atoms in total. The van der Waals surface area contributed by atoms with Crippen LogP contribution in [0.4, 0.5) is 11.6 Å². The second-order valence-electron chi connectivity index (χ2n) is 3.63. The van der Waals surface area contributed by atoms with Gasteiger partial charge in [0.1, 0.15) is 11.9 Å². The average Bonchev–Trinajstić information content (AvgIpc) is 2.16. The van der Waals surface area contributed by atoms with Gasteiger partial charge in [0.2, 0.25) is 5.95 Å². The summed E-state index contributed by atoms with van der Waals surface area (Å²) in [6.45, 7) is 3.98. The Morgan fingerprint density at radius 3 is 2.73 bits per heavy atom. The Morgan fingerprint density at radius 2 is 2.27 bits per heavy atom. The van der Waals surface area contributed by atoms with Crippen LogP contribution in [0.15, 0.2) is 6.20 Å². The lowest BCUT2D eigenvalue weighted by molar-refractivity contribution is -0.386. The molecule has 0 saturated carbocycles. The highest BCUT2D eigenvalue weighted by Gasteiger charge is 2.17. The van der Waals surface area contributed by atoms with Gasteiger partial charge in [-0.05, 0) is 12.3 Å². The van der Waals surface area contributed by atoms with Gasteiger partial charge in [-0.1, -0.05) is 13.8 Å². The predicted molar refractivity (Wildman–Crippen MR) is 56.8 cm³/mol. The lowest BCUT2D eigenvalue weighted by Gasteiger charge is -2.06. The fraction of sp³-hybridized carbons (Fsp3) is 0.556. The van der Waals surface area contributed by atoms with E-state index in [2.05, 4.69) is 15.3 Å². The van der Waals surface area contributed by atoms with Crippen molar-refractivity contribution in [2.24, 2.45) is 5.92 Å². The molecular formula is C9H14N4O2. The molecular weight excluding hydrogens is 196 g/mol. The molecule has 1 N–H and O–H groups in total. The highest BCUT2D eigenvalue weighted by atomic mass is 16.6. The summed E-state index contributed by atoms with van der Waals surface area (Å²) < 4.78 is 0. The van der Waals surface area contributed by atoms with Crippen molar-refractivity contribution in [3.8, 4) is 0 Å². The van der Waals surface area contributed by atoms with E-state index < -0.39 is 4.92 Å². The van der Waals surface area contributed by atoms with Gasteiger partial charge in [0, 0.05) is 7.05 Å². The van der Waals surface area contributed by atoms with Crippen LogP contribution in [0.1, 0.15) is 19.5 Å². The first-order valence-electron chi connectivity index (χ1n) is 4.72. The van der Waals surface area contributed by atoms with E-state index in [1.165, 1.54) is 6.20 Å². The van der Waals surface area contributed by atoms with Crippen LogP contribution in [0.5, 0.6) is 0 Å². The Kier molecular flexibility index (Phi) is 3.54. The van der Waals surface area contributed by atoms with Crippen LogP contribution in [0.3, 0.4) is 0 Å². The summed E-state index contributed by atoms with van der Waals surface area (Å²) in [5.41, 5.74) is 0.469. The monoisotopic (exact) mass is 210 g/mol. The van der Waals surface area contributed by atoms with Gasteiger partial charge in [-0.15, -0.1) is 0 Å². The Morgan fingerprint density at radius 1 is 1.60 bits per heavy atom. The first-order chi connectivity index (χ1) is 7.04. The largest absolute Gasteiger partial charge is 0.357 e. The van der Waals surface area contributed by atoms with E-state index in [-0.39, 0.29) is 5.69 Å². The fourth-order valence-corrected chi connectivity index (χ4v) is 1.22. The Bertz CT molecular complexity index is 365. The molecule has 6 heteroatoms. The third kappa shape index (κ3) is 2.87. The fourth-order valence-electron chi connectivity index (χ4n) is 1.22. The molecule has 0 amide bonds. The number of rotatable bonds is 4. The van der Waals surface area contributed by atoms with E-state index in [0.29, 0.717) is 24.0 Å². The zero-order valence-electron chi connectivity index (χ0n) is 9.02. The lowest BCUT2D eigenvalue weighted by Crippen LogP contribution is -2.06. The van der Waals surface area contributed by atoms with Crippen LogP contribution in [0.2, 0.25) is 0 Å². The van der Waals surface area contributed by atoms with E-state index >= 15 is 0 Å². The van der Waals surface area contributed by atoms with Gasteiger partial charge in [-0.3, -0.25) is 10.1 Å². The molecule has 15 heavy (non-hydrogen) atoms. The van der Waals surface area contributed by atoms with Crippen molar-refractivity contribution in [1.29, 1.82) is 0 Å². The zero-order chi connectivity index (χ0) is 11.4. The SMILES string of the molecule is CNc1ncc([N+](=O)[O-])c(CC(C)C)n1. The molecule has 1 rings (SSSR count). The summed E-state index contributed by atoms with van der Waals surface area (Å²) in [5, 5.41) is 13.5. The van der Waals surface area contributed by atoms with Crippen molar-refractivity contribution in [2.75, 3.05) is 12.4 Å². The van der Waals surface area contributed by atoms with E-state index in [1.807, 2.05) is 13.8 Å². The maximum Gasteiger partial charge on any atom is 0.309 e. The van der Waals surface area contributed by atoms with Gasteiger partial charge < -0.3 is 5.32 Å². The number of aromatic nitrogens is 2. The van der Waals surface area contributed by atoms with Crippen molar-refractivity contribution < 1.29 is 4.92 Å². The molecule has 0 aliphatic carbocycles. The highest BCUT2D eigenvalue weighted by molar-refractivity contribution is 5.38. The number of nitrogens with zero attached hydrogens (tertiary/aromatic N) is 3. The second-order valence-corrected chi connectivity index (χ2v) is 3.63. The molecule has 0 spiro atoms. The van der Waals surface area contributed by atoms with E-state index in [1.54, 1.807) is 7.05 Å². The summed E-state index contributed by atoms with van der Waals surface area (Å²) in [4.78, 5) is 18.2. The van der Waals surface area contributed by atoms with E-state index in [9.17, 15) is 10.1 Å². The van der Waals surface area contributed by atoms with Crippen LogP contribution in [-0.2, 0) is 6.42 Å². The minimum absolute atomic E-state index is 0.0114. The molecule has 0 bridgehead atoms. The molecule has 1 heterocycles. The van der Waals surface area contributed by atoms with E-state index in [4.69, 9.17) is 0 Å². The second kappa shape index (κ2) is 4.68. The maximum absolute atomic E-state index is 10.7. The molecule has 0 radical (unpaired) electrons. The minimum Gasteiger partial charge on any atom is -0.357 e. The average molecular weight is 210 g/mol. The molecule has 0 unspecified atom stereocenters. The van der Waals surface area contributed by atoms with Gasteiger partial charge in [0.25, 0.3) is 0 Å². The summed E-state index contributed by atoms with van der Waals surface area (Å²) in [5.74, 6) is 0.736. The normalized spacial score (nSPS) is 10.4. The molecule has 0 aliphatic heterocycles. The summed E-state index contributed by atoms with van der Waals surface area (Å²) in [6.07, 6.45) is 1.82. The van der Waals surface area contributed by atoms with Crippen LogP contribution in [-0.4, -0.2) is 21.9 Å². The first-order valence-corrected chi connectivity index (χ1v) is 4.72. The standard InChI is InChI=1S/C9H14N4O2/c1-6(2)4-7-8(13(14)15)5-11-9(10-3)12-7/h5-6H,4H2,1-3H3,(H,10,11,12). The van der Waals surface area contributed by atoms with E-state index in [0.717, 1.165) is 0 Å². The number of nitrogens with one attached hydrogen (secondary N) is 1. The Balaban J connectivity index is 3.10. The molecule has 1 aromatic rings.